The van der Waals surface area contributed by atoms with Gasteiger partial charge in [-0.25, -0.2) is 19.2 Å². The molecule has 0 bridgehead atoms. The molecule has 0 aliphatic rings. The van der Waals surface area contributed by atoms with E-state index in [1.165, 1.54) is 148 Å². The van der Waals surface area contributed by atoms with Crippen molar-refractivity contribution in [1.29, 1.82) is 0 Å². The minimum Gasteiger partial charge on any atom is -0.545 e. The van der Waals surface area contributed by atoms with Crippen molar-refractivity contribution in [3.05, 3.63) is 239 Å². The summed E-state index contributed by atoms with van der Waals surface area (Å²) in [7, 11) is 0. The molecule has 8 rings (SSSR count). The number of ether oxygens (including phenoxy) is 8. The normalized spacial score (nSPS) is 10.2. The van der Waals surface area contributed by atoms with Crippen molar-refractivity contribution in [3.8, 4) is 46.0 Å². The fourth-order valence-corrected chi connectivity index (χ4v) is 8.92. The van der Waals surface area contributed by atoms with Gasteiger partial charge in [-0.2, -0.15) is 0 Å². The molecule has 0 aromatic heterocycles. The molecule has 8 aromatic rings. The fourth-order valence-electron chi connectivity index (χ4n) is 8.92. The van der Waals surface area contributed by atoms with Crippen LogP contribution in [0.5, 0.6) is 46.0 Å². The SMILES string of the molecule is CCCCCCOc1ccc(C(=O)Oc2ccc(C(=O)[O-])cc2)cc1.CCCCCCOc1ccc(C(=O)Oc2ccc(C(=O)[O-])cc2)cc1.CCCCCCOc1ccc(C(=O)Oc2ccc(C(=O)[O-])cc2)cc1.CCCCCCOc1ccc(C(=O)Oc2ccc(C(=O)[O-])cc2)cc1.[Sn+4]. The number of unbranched alkanes of at least 4 members (excludes halogenated alkanes) is 12. The van der Waals surface area contributed by atoms with Gasteiger partial charge in [0.2, 0.25) is 0 Å². The van der Waals surface area contributed by atoms with E-state index in [4.69, 9.17) is 37.9 Å². The standard InChI is InChI=1S/4C20H22O5.Sn/c4*1-2-3-4-5-14-24-17-10-8-16(9-11-17)20(23)25-18-12-6-15(7-13-18)19(21)22;/h4*6-13H,2-5,14H2,1H3,(H,21,22);/q;;;;+4/p-4. The largest absolute Gasteiger partial charge is 4.00 e. The number of aromatic carboxylic acids is 4. The molecule has 8 aromatic carbocycles. The number of rotatable bonds is 36. The molecular formula is C80H84O20Sn. The quantitative estimate of drug-likeness (QED) is 0.0152. The summed E-state index contributed by atoms with van der Waals surface area (Å²) in [6.45, 7) is 11.3. The molecule has 0 N–H and O–H groups in total. The van der Waals surface area contributed by atoms with E-state index in [0.29, 0.717) is 71.7 Å². The number of hydrogen-bond acceptors (Lipinski definition) is 20. The molecule has 0 heterocycles. The van der Waals surface area contributed by atoms with Crippen LogP contribution in [0.4, 0.5) is 0 Å². The van der Waals surface area contributed by atoms with E-state index in [2.05, 4.69) is 27.7 Å². The van der Waals surface area contributed by atoms with Crippen LogP contribution in [0.25, 0.3) is 0 Å². The third-order valence-corrected chi connectivity index (χ3v) is 14.6. The van der Waals surface area contributed by atoms with Crippen LogP contribution < -0.4 is 58.3 Å². The average Bonchev–Trinajstić information content (AvgIpc) is 0.994. The van der Waals surface area contributed by atoms with Crippen molar-refractivity contribution in [1.82, 2.24) is 0 Å². The van der Waals surface area contributed by atoms with Crippen molar-refractivity contribution in [2.45, 2.75) is 130 Å². The van der Waals surface area contributed by atoms with Gasteiger partial charge in [-0.1, -0.05) is 105 Å². The Bertz CT molecular complexity index is 3260. The van der Waals surface area contributed by atoms with Crippen LogP contribution in [0.2, 0.25) is 0 Å². The monoisotopic (exact) mass is 1480 g/mol. The molecule has 0 aliphatic heterocycles. The van der Waals surface area contributed by atoms with Crippen LogP contribution >= 0.6 is 0 Å². The van der Waals surface area contributed by atoms with Gasteiger partial charge in [-0.3, -0.25) is 0 Å². The number of carboxylic acid groups (broad SMARTS) is 4. The first-order valence-corrected chi connectivity index (χ1v) is 33.5. The van der Waals surface area contributed by atoms with E-state index >= 15 is 0 Å². The zero-order chi connectivity index (χ0) is 72.3. The number of esters is 4. The molecular weight excluding hydrogens is 1400 g/mol. The maximum absolute atomic E-state index is 12.1. The second kappa shape index (κ2) is 47.5. The molecule has 0 spiro atoms. The zero-order valence-electron chi connectivity index (χ0n) is 57.3. The van der Waals surface area contributed by atoms with Crippen LogP contribution in [-0.2, 0) is 0 Å². The van der Waals surface area contributed by atoms with Crippen LogP contribution in [0.1, 0.15) is 213 Å². The first kappa shape index (κ1) is 82.9. The number of hydrogen-bond donors (Lipinski definition) is 0. The summed E-state index contributed by atoms with van der Waals surface area (Å²) in [5, 5.41) is 42.7. The van der Waals surface area contributed by atoms with Crippen LogP contribution in [0.3, 0.4) is 0 Å². The predicted octanol–water partition coefficient (Wildman–Crippen LogP) is 12.5. The van der Waals surface area contributed by atoms with Gasteiger partial charge in [-0.15, -0.1) is 0 Å². The van der Waals surface area contributed by atoms with Crippen molar-refractivity contribution in [2.24, 2.45) is 0 Å². The molecule has 21 heteroatoms. The zero-order valence-corrected chi connectivity index (χ0v) is 60.1. The summed E-state index contributed by atoms with van der Waals surface area (Å²) >= 11 is 0. The summed E-state index contributed by atoms with van der Waals surface area (Å²) in [5.41, 5.74) is 1.68. The smallest absolute Gasteiger partial charge is 0.545 e. The topological polar surface area (TPSA) is 303 Å². The Kier molecular flexibility index (Phi) is 39.0. The third-order valence-electron chi connectivity index (χ3n) is 14.6. The summed E-state index contributed by atoms with van der Waals surface area (Å²) in [6.07, 6.45) is 18.2. The van der Waals surface area contributed by atoms with Crippen LogP contribution in [-0.4, -0.2) is 98.1 Å². The van der Waals surface area contributed by atoms with Gasteiger partial charge in [0.25, 0.3) is 0 Å². The maximum atomic E-state index is 12.1. The number of benzene rings is 8. The van der Waals surface area contributed by atoms with Gasteiger partial charge >= 0.3 is 47.8 Å². The van der Waals surface area contributed by atoms with Gasteiger partial charge in [-0.05, 0) is 242 Å². The molecule has 0 atom stereocenters. The van der Waals surface area contributed by atoms with Gasteiger partial charge in [0.15, 0.2) is 0 Å². The summed E-state index contributed by atoms with van der Waals surface area (Å²) in [4.78, 5) is 91.1. The summed E-state index contributed by atoms with van der Waals surface area (Å²) in [5.74, 6) is -3.24. The van der Waals surface area contributed by atoms with Gasteiger partial charge in [0.05, 0.1) is 72.6 Å². The maximum Gasteiger partial charge on any atom is 4.00 e. The Hall–Kier alpha value is -10.5. The fraction of sp³-hybridized carbons (Fsp3) is 0.300. The molecule has 0 saturated carbocycles. The molecule has 0 fully saturated rings. The van der Waals surface area contributed by atoms with E-state index < -0.39 is 47.8 Å². The predicted molar refractivity (Wildman–Crippen MR) is 373 cm³/mol. The average molecular weight is 1480 g/mol. The van der Waals surface area contributed by atoms with E-state index in [-0.39, 0.29) is 69.2 Å². The number of carboxylic acids is 4. The molecule has 528 valence electrons. The van der Waals surface area contributed by atoms with Crippen LogP contribution in [0, 0.1) is 0 Å². The second-order valence-electron chi connectivity index (χ2n) is 22.5. The Morgan fingerprint density at radius 3 is 0.515 bits per heavy atom. The van der Waals surface area contributed by atoms with Crippen molar-refractivity contribution >= 4 is 71.7 Å². The summed E-state index contributed by atoms with van der Waals surface area (Å²) in [6, 6.07) is 48.9. The van der Waals surface area contributed by atoms with Gasteiger partial charge in [0.1, 0.15) is 46.0 Å². The van der Waals surface area contributed by atoms with E-state index in [9.17, 15) is 58.8 Å². The first-order valence-electron chi connectivity index (χ1n) is 33.5. The molecule has 0 radical (unpaired) electrons. The minimum absolute atomic E-state index is 0. The third kappa shape index (κ3) is 32.4. The van der Waals surface area contributed by atoms with Gasteiger partial charge in [0, 0.05) is 0 Å². The molecule has 0 amide bonds. The molecule has 0 unspecified atom stereocenters. The molecule has 20 nitrogen and oxygen atoms in total. The molecule has 101 heavy (non-hydrogen) atoms. The Morgan fingerprint density at radius 2 is 0.366 bits per heavy atom. The Labute approximate surface area is 606 Å². The van der Waals surface area contributed by atoms with Gasteiger partial charge < -0.3 is 77.5 Å². The van der Waals surface area contributed by atoms with Crippen LogP contribution in [0.15, 0.2) is 194 Å². The first-order chi connectivity index (χ1) is 48.4. The Balaban J connectivity index is 0.000000285. The second-order valence-corrected chi connectivity index (χ2v) is 22.5. The van der Waals surface area contributed by atoms with Crippen molar-refractivity contribution in [2.75, 3.05) is 26.4 Å². The molecule has 0 aliphatic carbocycles. The molecule has 0 saturated heterocycles. The summed E-state index contributed by atoms with van der Waals surface area (Å²) < 4.78 is 43.3. The minimum atomic E-state index is -1.27. The Morgan fingerprint density at radius 1 is 0.218 bits per heavy atom. The van der Waals surface area contributed by atoms with E-state index in [1.54, 1.807) is 97.1 Å². The van der Waals surface area contributed by atoms with Crippen molar-refractivity contribution in [3.63, 3.8) is 0 Å². The number of carbonyl (C=O) groups excluding carboxylic acids is 8. The van der Waals surface area contributed by atoms with Crippen molar-refractivity contribution < 1.29 is 96.7 Å². The van der Waals surface area contributed by atoms with E-state index in [0.717, 1.165) is 51.4 Å². The number of carbonyl (C=O) groups is 8. The van der Waals surface area contributed by atoms with E-state index in [1.807, 2.05) is 0 Å².